The molecule has 14 heteroatoms. The fourth-order valence-corrected chi connectivity index (χ4v) is 21.7. The molecule has 0 heterocycles. The van der Waals surface area contributed by atoms with Gasteiger partial charge in [0, 0.05) is 12.1 Å². The molecule has 0 N–H and O–H groups in total. The Kier molecular flexibility index (Phi) is 30.9. The standard InChI is InChI=1S/C24H27OS.C18H12F3S.2C18H13F2S.C18H14FS/c1-2-3-4-11-20-25-21-16-18-24(19-17-21)26(22-12-7-5-8-13-22)23-14-9-6-10-15-23;19-13-1-7-16(8-2-13)22(17-9-3-14(20)4-10-17)18-11-5-15(21)6-12-18;19-14-11-12-18(17(20)13-14)21(15-7-3-1-4-8-15)16-9-5-2-6-10-16;19-14-6-10-17(11-7-14)21(16-4-2-1-3-5-16)18-12-8-15(20)9-13-18;19-15-11-13-18(14-12-15)20(16-7-3-1-4-8-16)17-9-5-2-6-10-17/h5-10,12-19H,2-4,11,20H2,1H3;1-12H;2*1-13H;1-14H/q5*+1. The van der Waals surface area contributed by atoms with E-state index in [0.29, 0.717) is 4.90 Å². The Morgan fingerprint density at radius 1 is 0.200 bits per heavy atom. The predicted molar refractivity (Wildman–Crippen MR) is 437 cm³/mol. The van der Waals surface area contributed by atoms with Crippen molar-refractivity contribution < 1.29 is 39.9 Å². The highest BCUT2D eigenvalue weighted by Crippen LogP contribution is 2.37. The molecule has 15 aromatic carbocycles. The molecule has 1 nitrogen and oxygen atoms in total. The highest BCUT2D eigenvalue weighted by atomic mass is 32.2. The second-order valence-corrected chi connectivity index (χ2v) is 34.5. The van der Waals surface area contributed by atoms with Crippen molar-refractivity contribution in [3.05, 3.63) is 447 Å². The van der Waals surface area contributed by atoms with Crippen molar-refractivity contribution >= 4 is 54.5 Å². The van der Waals surface area contributed by atoms with Crippen LogP contribution in [0.2, 0.25) is 0 Å². The van der Waals surface area contributed by atoms with Crippen molar-refractivity contribution in [2.75, 3.05) is 6.61 Å². The molecule has 0 saturated carbocycles. The first kappa shape index (κ1) is 80.3. The predicted octanol–water partition coefficient (Wildman–Crippen LogP) is 27.0. The van der Waals surface area contributed by atoms with Gasteiger partial charge in [0.25, 0.3) is 0 Å². The fourth-order valence-electron chi connectivity index (χ4n) is 11.4. The zero-order valence-electron chi connectivity index (χ0n) is 60.1. The fraction of sp³-hybridized carbons (Fsp3) is 0.0625. The topological polar surface area (TPSA) is 9.23 Å². The zero-order chi connectivity index (χ0) is 76.7. The third kappa shape index (κ3) is 23.7. The molecule has 0 spiro atoms. The lowest BCUT2D eigenvalue weighted by Gasteiger charge is -2.09. The Morgan fingerprint density at radius 2 is 0.400 bits per heavy atom. The maximum atomic E-state index is 14.2. The molecule has 15 aromatic rings. The smallest absolute Gasteiger partial charge is 0.202 e. The maximum Gasteiger partial charge on any atom is 0.202 e. The molecule has 0 radical (unpaired) electrons. The first-order valence-corrected chi connectivity index (χ1v) is 41.8. The molecule has 0 atom stereocenters. The number of hydrogen-bond acceptors (Lipinski definition) is 1. The minimum absolute atomic E-state index is 0.0885. The Bertz CT molecular complexity index is 4860. The van der Waals surface area contributed by atoms with Crippen LogP contribution in [-0.2, 0) is 54.5 Å². The summed E-state index contributed by atoms with van der Waals surface area (Å²) in [5.74, 6) is -1.74. The van der Waals surface area contributed by atoms with Crippen molar-refractivity contribution in [2.24, 2.45) is 0 Å². The number of rotatable bonds is 21. The quantitative estimate of drug-likeness (QED) is 0.0396. The van der Waals surface area contributed by atoms with E-state index in [2.05, 4.69) is 116 Å². The van der Waals surface area contributed by atoms with Crippen LogP contribution in [0.4, 0.5) is 35.1 Å². The van der Waals surface area contributed by atoms with Crippen LogP contribution in [0.1, 0.15) is 32.6 Å². The van der Waals surface area contributed by atoms with Gasteiger partial charge in [-0.2, -0.15) is 0 Å². The van der Waals surface area contributed by atoms with Crippen LogP contribution in [-0.4, -0.2) is 6.61 Å². The van der Waals surface area contributed by atoms with E-state index in [4.69, 9.17) is 4.74 Å². The Labute approximate surface area is 654 Å². The van der Waals surface area contributed by atoms with Crippen LogP contribution in [0.25, 0.3) is 0 Å². The van der Waals surface area contributed by atoms with Gasteiger partial charge in [-0.3, -0.25) is 0 Å². The average Bonchev–Trinajstić information content (AvgIpc) is 0.809. The van der Waals surface area contributed by atoms with Gasteiger partial charge in [0.2, 0.25) is 4.90 Å². The lowest BCUT2D eigenvalue weighted by atomic mass is 10.2. The summed E-state index contributed by atoms with van der Waals surface area (Å²) in [6.45, 7) is 3.04. The summed E-state index contributed by atoms with van der Waals surface area (Å²) < 4.78 is 112. The molecule has 0 aliphatic rings. The van der Waals surface area contributed by atoms with E-state index in [-0.39, 0.29) is 67.6 Å². The van der Waals surface area contributed by atoms with Gasteiger partial charge in [-0.15, -0.1) is 0 Å². The molecular formula is C96H79F8OS5+5. The third-order valence-electron chi connectivity index (χ3n) is 16.6. The van der Waals surface area contributed by atoms with Crippen molar-refractivity contribution in [2.45, 2.75) is 106 Å². The van der Waals surface area contributed by atoms with E-state index in [0.717, 1.165) is 68.9 Å². The lowest BCUT2D eigenvalue weighted by molar-refractivity contribution is 0.305. The molecule has 0 saturated heterocycles. The zero-order valence-corrected chi connectivity index (χ0v) is 64.2. The van der Waals surface area contributed by atoms with Gasteiger partial charge in [0.05, 0.1) is 50.2 Å². The van der Waals surface area contributed by atoms with Gasteiger partial charge in [-0.25, -0.2) is 35.1 Å². The van der Waals surface area contributed by atoms with Crippen LogP contribution in [0, 0.1) is 46.5 Å². The van der Waals surface area contributed by atoms with Crippen molar-refractivity contribution in [3.63, 3.8) is 0 Å². The van der Waals surface area contributed by atoms with Gasteiger partial charge >= 0.3 is 0 Å². The molecule has 0 amide bonds. The number of halogens is 8. The van der Waals surface area contributed by atoms with Crippen LogP contribution < -0.4 is 4.74 Å². The molecule has 15 rings (SSSR count). The van der Waals surface area contributed by atoms with E-state index >= 15 is 0 Å². The Balaban J connectivity index is 0.000000137. The van der Waals surface area contributed by atoms with E-state index in [1.807, 2.05) is 140 Å². The molecule has 0 aromatic heterocycles. The van der Waals surface area contributed by atoms with Crippen LogP contribution in [0.3, 0.4) is 0 Å². The van der Waals surface area contributed by atoms with E-state index < -0.39 is 33.4 Å². The summed E-state index contributed by atoms with van der Waals surface area (Å²) in [5.41, 5.74) is 0. The molecule has 110 heavy (non-hydrogen) atoms. The minimum Gasteiger partial charge on any atom is -0.494 e. The van der Waals surface area contributed by atoms with Crippen LogP contribution >= 0.6 is 0 Å². The number of unbranched alkanes of at least 4 members (excludes halogenated alkanes) is 3. The summed E-state index contributed by atoms with van der Waals surface area (Å²) in [4.78, 5) is 15.9. The van der Waals surface area contributed by atoms with Crippen molar-refractivity contribution in [1.29, 1.82) is 0 Å². The highest BCUT2D eigenvalue weighted by Gasteiger charge is 2.34. The Hall–Kier alpha value is -10.7. The largest absolute Gasteiger partial charge is 0.494 e. The van der Waals surface area contributed by atoms with Crippen molar-refractivity contribution in [3.8, 4) is 5.75 Å². The molecule has 0 aliphatic carbocycles. The first-order chi connectivity index (χ1) is 53.8. The summed E-state index contributed by atoms with van der Waals surface area (Å²) >= 11 is 0. The summed E-state index contributed by atoms with van der Waals surface area (Å²) in [5, 5.41) is 0. The van der Waals surface area contributed by atoms with E-state index in [1.165, 1.54) is 129 Å². The normalized spacial score (nSPS) is 10.8. The molecule has 550 valence electrons. The highest BCUT2D eigenvalue weighted by molar-refractivity contribution is 7.98. The average molecular weight is 1560 g/mol. The van der Waals surface area contributed by atoms with Gasteiger partial charge < -0.3 is 4.74 Å². The second kappa shape index (κ2) is 42.3. The molecule has 0 fully saturated rings. The van der Waals surface area contributed by atoms with Crippen LogP contribution in [0.5, 0.6) is 5.75 Å². The summed E-state index contributed by atoms with van der Waals surface area (Å²) in [6.07, 6.45) is 4.93. The van der Waals surface area contributed by atoms with Crippen LogP contribution in [0.15, 0.2) is 474 Å². The lowest BCUT2D eigenvalue weighted by Crippen LogP contribution is -2.07. The molecule has 0 bridgehead atoms. The maximum absolute atomic E-state index is 14.2. The molecule has 0 unspecified atom stereocenters. The third-order valence-corrected chi connectivity index (χ3v) is 27.8. The van der Waals surface area contributed by atoms with Gasteiger partial charge in [-0.05, 0) is 267 Å². The number of hydrogen-bond donors (Lipinski definition) is 0. The van der Waals surface area contributed by atoms with Crippen molar-refractivity contribution in [1.82, 2.24) is 0 Å². The SMILES string of the molecule is CCCCCCOc1ccc([S+](c2ccccc2)c2ccccc2)cc1.Fc1ccc([S+](c2ccc(F)cc2)c2ccc(F)cc2)cc1.Fc1ccc([S+](c2ccccc2)c2ccc(F)cc2)cc1.Fc1ccc([S+](c2ccccc2)c2ccccc2)c(F)c1.Fc1ccc([S+](c2ccccc2)c2ccccc2)cc1. The monoisotopic (exact) mass is 1560 g/mol. The molecular weight excluding hydrogens is 1480 g/mol. The summed E-state index contributed by atoms with van der Waals surface area (Å²) in [6, 6.07) is 122. The first-order valence-electron chi connectivity index (χ1n) is 35.6. The van der Waals surface area contributed by atoms with Gasteiger partial charge in [0.15, 0.2) is 74.4 Å². The van der Waals surface area contributed by atoms with E-state index in [9.17, 15) is 35.1 Å². The Morgan fingerprint density at radius 3 is 0.618 bits per heavy atom. The van der Waals surface area contributed by atoms with Gasteiger partial charge in [-0.1, -0.05) is 154 Å². The number of benzene rings is 15. The summed E-state index contributed by atoms with van der Waals surface area (Å²) in [7, 11) is -1.76. The van der Waals surface area contributed by atoms with E-state index in [1.54, 1.807) is 60.7 Å². The minimum atomic E-state index is -0.576. The molecule has 0 aliphatic heterocycles. The number of ether oxygens (including phenoxy) is 1. The van der Waals surface area contributed by atoms with Gasteiger partial charge in [0.1, 0.15) is 57.4 Å². The second-order valence-electron chi connectivity index (χ2n) is 24.4.